The molecule has 1 heterocycles. The van der Waals surface area contributed by atoms with Gasteiger partial charge in [-0.15, -0.1) is 0 Å². The molecule has 0 fully saturated rings. The Kier molecular flexibility index (Phi) is 7.59. The normalized spacial score (nSPS) is 14.3. The lowest BCUT2D eigenvalue weighted by Gasteiger charge is -2.27. The zero-order valence-electron chi connectivity index (χ0n) is 19.5. The Hall–Kier alpha value is -3.85. The number of carbonyl (C=O) groups excluding carboxylic acids is 3. The van der Waals surface area contributed by atoms with Crippen LogP contribution in [0, 0.1) is 10.1 Å². The monoisotopic (exact) mass is 549 g/mol. The van der Waals surface area contributed by atoms with Crippen molar-refractivity contribution in [1.29, 1.82) is 0 Å². The van der Waals surface area contributed by atoms with E-state index in [2.05, 4.69) is 21.2 Å². The van der Waals surface area contributed by atoms with Crippen LogP contribution >= 0.6 is 15.9 Å². The smallest absolute Gasteiger partial charge is 0.269 e. The van der Waals surface area contributed by atoms with Crippen LogP contribution in [-0.2, 0) is 17.6 Å². The number of non-ortho nitro benzene ring substituents is 1. The summed E-state index contributed by atoms with van der Waals surface area (Å²) >= 11 is 3.42. The van der Waals surface area contributed by atoms with E-state index in [4.69, 9.17) is 0 Å². The molecule has 1 aliphatic rings. The molecule has 1 N–H and O–H groups in total. The number of hydrogen-bond donors (Lipinski definition) is 1. The van der Waals surface area contributed by atoms with E-state index in [1.54, 1.807) is 24.3 Å². The molecule has 3 amide bonds. The Labute approximate surface area is 216 Å². The number of amides is 3. The summed E-state index contributed by atoms with van der Waals surface area (Å²) in [4.78, 5) is 51.4. The number of imide groups is 1. The zero-order valence-corrected chi connectivity index (χ0v) is 21.1. The summed E-state index contributed by atoms with van der Waals surface area (Å²) in [6, 6.07) is 18.6. The van der Waals surface area contributed by atoms with Crippen LogP contribution in [0.2, 0.25) is 0 Å². The van der Waals surface area contributed by atoms with E-state index in [1.165, 1.54) is 24.3 Å². The fraction of sp³-hybridized carbons (Fsp3) is 0.222. The van der Waals surface area contributed by atoms with Gasteiger partial charge < -0.3 is 5.32 Å². The molecule has 184 valence electrons. The third-order valence-corrected chi connectivity index (χ3v) is 6.63. The van der Waals surface area contributed by atoms with Gasteiger partial charge in [0.2, 0.25) is 5.91 Å². The second kappa shape index (κ2) is 10.8. The van der Waals surface area contributed by atoms with Crippen molar-refractivity contribution < 1.29 is 19.3 Å². The van der Waals surface area contributed by atoms with E-state index < -0.39 is 28.7 Å². The molecule has 0 aliphatic carbocycles. The third kappa shape index (κ3) is 5.21. The van der Waals surface area contributed by atoms with Crippen molar-refractivity contribution in [1.82, 2.24) is 10.2 Å². The molecule has 0 radical (unpaired) electrons. The first kappa shape index (κ1) is 25.2. The van der Waals surface area contributed by atoms with E-state index in [-0.39, 0.29) is 29.3 Å². The van der Waals surface area contributed by atoms with Gasteiger partial charge in [-0.1, -0.05) is 64.5 Å². The molecule has 0 saturated carbocycles. The summed E-state index contributed by atoms with van der Waals surface area (Å²) in [5.74, 6) is -1.56. The molecule has 2 atom stereocenters. The van der Waals surface area contributed by atoms with Crippen molar-refractivity contribution in [3.05, 3.63) is 111 Å². The Morgan fingerprint density at radius 1 is 0.944 bits per heavy atom. The first-order valence-electron chi connectivity index (χ1n) is 11.5. The minimum Gasteiger partial charge on any atom is -0.348 e. The van der Waals surface area contributed by atoms with Crippen LogP contribution in [0.15, 0.2) is 72.8 Å². The number of carbonyl (C=O) groups is 3. The third-order valence-electron chi connectivity index (χ3n) is 6.24. The van der Waals surface area contributed by atoms with Gasteiger partial charge >= 0.3 is 0 Å². The summed E-state index contributed by atoms with van der Waals surface area (Å²) < 4.78 is 0. The van der Waals surface area contributed by atoms with Gasteiger partial charge in [0, 0.05) is 23.9 Å². The summed E-state index contributed by atoms with van der Waals surface area (Å²) in [6.07, 6.45) is 0.907. The summed E-state index contributed by atoms with van der Waals surface area (Å²) in [5, 5.41) is 14.8. The molecule has 1 aliphatic heterocycles. The number of alkyl halides is 1. The zero-order chi connectivity index (χ0) is 25.8. The van der Waals surface area contributed by atoms with Gasteiger partial charge in [-0.3, -0.25) is 29.4 Å². The number of aryl methyl sites for hydroxylation is 1. The molecular weight excluding hydrogens is 526 g/mol. The number of nitro groups is 1. The van der Waals surface area contributed by atoms with Crippen molar-refractivity contribution in [2.24, 2.45) is 0 Å². The lowest BCUT2D eigenvalue weighted by Crippen LogP contribution is -2.51. The summed E-state index contributed by atoms with van der Waals surface area (Å²) in [7, 11) is 0. The largest absolute Gasteiger partial charge is 0.348 e. The van der Waals surface area contributed by atoms with Crippen LogP contribution in [0.4, 0.5) is 5.69 Å². The lowest BCUT2D eigenvalue weighted by molar-refractivity contribution is -0.384. The predicted molar refractivity (Wildman–Crippen MR) is 138 cm³/mol. The second-order valence-electron chi connectivity index (χ2n) is 8.58. The number of hydrogen-bond acceptors (Lipinski definition) is 5. The van der Waals surface area contributed by atoms with Gasteiger partial charge in [0.15, 0.2) is 0 Å². The maximum atomic E-state index is 13.5. The number of fused-ring (bicyclic) bond motifs is 1. The topological polar surface area (TPSA) is 110 Å². The maximum Gasteiger partial charge on any atom is 0.269 e. The van der Waals surface area contributed by atoms with Crippen LogP contribution in [0.3, 0.4) is 0 Å². The van der Waals surface area contributed by atoms with Crippen molar-refractivity contribution >= 4 is 39.3 Å². The van der Waals surface area contributed by atoms with Gasteiger partial charge in [0.05, 0.1) is 22.1 Å². The number of nitro benzene ring substituents is 1. The summed E-state index contributed by atoms with van der Waals surface area (Å²) in [5.41, 5.74) is 3.05. The maximum absolute atomic E-state index is 13.5. The van der Waals surface area contributed by atoms with Gasteiger partial charge in [-0.05, 0) is 42.2 Å². The SMILES string of the molecule is C[C@@H](NC(=O)[C@@H](Cc1ccc([N+](=O)[O-])cc1)N1C(=O)c2ccccc2C1=O)c1ccc(CCBr)cc1. The van der Waals surface area contributed by atoms with Crippen molar-refractivity contribution in [2.45, 2.75) is 31.8 Å². The van der Waals surface area contributed by atoms with Crippen molar-refractivity contribution in [2.75, 3.05) is 5.33 Å². The van der Waals surface area contributed by atoms with Crippen LogP contribution in [-0.4, -0.2) is 38.9 Å². The average molecular weight is 550 g/mol. The predicted octanol–water partition coefficient (Wildman–Crippen LogP) is 4.62. The van der Waals surface area contributed by atoms with E-state index in [1.807, 2.05) is 31.2 Å². The number of benzene rings is 3. The first-order chi connectivity index (χ1) is 17.3. The molecule has 0 bridgehead atoms. The van der Waals surface area contributed by atoms with Gasteiger partial charge in [-0.25, -0.2) is 0 Å². The van der Waals surface area contributed by atoms with Crippen molar-refractivity contribution in [3.8, 4) is 0 Å². The van der Waals surface area contributed by atoms with Crippen LogP contribution in [0.25, 0.3) is 0 Å². The highest BCUT2D eigenvalue weighted by Gasteiger charge is 2.42. The average Bonchev–Trinajstić information content (AvgIpc) is 3.13. The van der Waals surface area contributed by atoms with Gasteiger partial charge in [0.25, 0.3) is 17.5 Å². The number of nitrogens with one attached hydrogen (secondary N) is 1. The highest BCUT2D eigenvalue weighted by Crippen LogP contribution is 2.27. The van der Waals surface area contributed by atoms with Crippen LogP contribution in [0.5, 0.6) is 0 Å². The minimum atomic E-state index is -1.13. The number of halogens is 1. The van der Waals surface area contributed by atoms with Gasteiger partial charge in [-0.2, -0.15) is 0 Å². The Morgan fingerprint density at radius 3 is 2.03 bits per heavy atom. The molecule has 0 unspecified atom stereocenters. The first-order valence-corrected chi connectivity index (χ1v) is 12.6. The number of nitrogens with zero attached hydrogens (tertiary/aromatic N) is 2. The van der Waals surface area contributed by atoms with E-state index in [9.17, 15) is 24.5 Å². The molecule has 4 rings (SSSR count). The molecule has 9 heteroatoms. The molecule has 0 spiro atoms. The highest BCUT2D eigenvalue weighted by atomic mass is 79.9. The Bertz CT molecular complexity index is 1270. The fourth-order valence-corrected chi connectivity index (χ4v) is 4.70. The van der Waals surface area contributed by atoms with Crippen molar-refractivity contribution in [3.63, 3.8) is 0 Å². The molecule has 8 nitrogen and oxygen atoms in total. The van der Waals surface area contributed by atoms with Crippen LogP contribution in [0.1, 0.15) is 50.4 Å². The standard InChI is InChI=1S/C27H24BrN3O5/c1-17(20-10-6-18(7-11-20)14-15-28)29-25(32)24(16-19-8-12-21(13-9-19)31(35)36)30-26(33)22-4-2-3-5-23(22)27(30)34/h2-13,17,24H,14-16H2,1H3,(H,29,32)/t17-,24-/m1/s1. The minimum absolute atomic E-state index is 0.0200. The Balaban J connectivity index is 1.61. The molecule has 3 aromatic carbocycles. The molecule has 36 heavy (non-hydrogen) atoms. The molecule has 3 aromatic rings. The number of rotatable bonds is 9. The fourth-order valence-electron chi connectivity index (χ4n) is 4.24. The Morgan fingerprint density at radius 2 is 1.50 bits per heavy atom. The lowest BCUT2D eigenvalue weighted by atomic mass is 10.0. The van der Waals surface area contributed by atoms with E-state index in [0.29, 0.717) is 5.56 Å². The van der Waals surface area contributed by atoms with Crippen LogP contribution < -0.4 is 5.32 Å². The quantitative estimate of drug-likeness (QED) is 0.181. The highest BCUT2D eigenvalue weighted by molar-refractivity contribution is 9.09. The molecule has 0 saturated heterocycles. The molecule has 0 aromatic heterocycles. The summed E-state index contributed by atoms with van der Waals surface area (Å²) in [6.45, 7) is 1.84. The molecular formula is C27H24BrN3O5. The van der Waals surface area contributed by atoms with E-state index >= 15 is 0 Å². The van der Waals surface area contributed by atoms with Gasteiger partial charge in [0.1, 0.15) is 6.04 Å². The second-order valence-corrected chi connectivity index (χ2v) is 9.37. The van der Waals surface area contributed by atoms with E-state index in [0.717, 1.165) is 27.8 Å².